The smallest absolute Gasteiger partial charge is 0.174 e. The molecule has 82 valence electrons. The molecule has 0 heterocycles. The van der Waals surface area contributed by atoms with Crippen molar-refractivity contribution in [3.05, 3.63) is 36.4 Å². The molecular formula is C8H8F6. The van der Waals surface area contributed by atoms with E-state index in [-0.39, 0.29) is 0 Å². The fourth-order valence-corrected chi connectivity index (χ4v) is 0.385. The number of hydrogen-bond donors (Lipinski definition) is 0. The summed E-state index contributed by atoms with van der Waals surface area (Å²) in [5.41, 5.74) is 0. The van der Waals surface area contributed by atoms with Gasteiger partial charge in [0, 0.05) is 0 Å². The minimum absolute atomic E-state index is 2.00. The Morgan fingerprint density at radius 2 is 0.500 bits per heavy atom. The van der Waals surface area contributed by atoms with Crippen LogP contribution in [-0.2, 0) is 0 Å². The van der Waals surface area contributed by atoms with E-state index < -0.39 is 13.4 Å². The average molecular weight is 218 g/mol. The molecule has 1 rings (SSSR count). The van der Waals surface area contributed by atoms with E-state index in [1.54, 1.807) is 0 Å². The van der Waals surface area contributed by atoms with Crippen LogP contribution < -0.4 is 0 Å². The molecule has 0 bridgehead atoms. The van der Waals surface area contributed by atoms with Gasteiger partial charge < -0.3 is 0 Å². The molecule has 0 amide bonds. The van der Waals surface area contributed by atoms with Crippen LogP contribution in [0.2, 0.25) is 0 Å². The number of benzene rings is 1. The van der Waals surface area contributed by atoms with Gasteiger partial charge in [0.05, 0.1) is 0 Å². The average Bonchev–Trinajstić information content (AvgIpc) is 2.05. The van der Waals surface area contributed by atoms with E-state index in [1.807, 2.05) is 36.4 Å². The second-order valence-electron chi connectivity index (χ2n) is 1.65. The lowest BCUT2D eigenvalue weighted by atomic mass is 10.4. The van der Waals surface area contributed by atoms with E-state index in [1.165, 1.54) is 0 Å². The summed E-state index contributed by atoms with van der Waals surface area (Å²) >= 11 is 0. The summed E-state index contributed by atoms with van der Waals surface area (Å²) in [4.78, 5) is 0. The number of hydrogen-bond acceptors (Lipinski definition) is 0. The number of rotatable bonds is 0. The van der Waals surface area contributed by atoms with Gasteiger partial charge >= 0.3 is 13.4 Å². The summed E-state index contributed by atoms with van der Waals surface area (Å²) in [5, 5.41) is 0. The highest BCUT2D eigenvalue weighted by Crippen LogP contribution is 1.87. The van der Waals surface area contributed by atoms with Gasteiger partial charge in [-0.15, -0.1) is 0 Å². The molecule has 0 fully saturated rings. The van der Waals surface area contributed by atoms with Crippen LogP contribution in [0.5, 0.6) is 0 Å². The van der Waals surface area contributed by atoms with Crippen molar-refractivity contribution in [1.82, 2.24) is 0 Å². The van der Waals surface area contributed by atoms with E-state index in [2.05, 4.69) is 0 Å². The van der Waals surface area contributed by atoms with Crippen LogP contribution in [0.1, 0.15) is 0 Å². The van der Waals surface area contributed by atoms with E-state index in [0.29, 0.717) is 0 Å². The Morgan fingerprint density at radius 3 is 0.571 bits per heavy atom. The van der Waals surface area contributed by atoms with Gasteiger partial charge in [-0.3, -0.25) is 0 Å². The van der Waals surface area contributed by atoms with Crippen LogP contribution in [-0.4, -0.2) is 13.4 Å². The van der Waals surface area contributed by atoms with E-state index in [9.17, 15) is 26.3 Å². The predicted octanol–water partition coefficient (Wildman–Crippen LogP) is 4.04. The van der Waals surface area contributed by atoms with Crippen LogP contribution in [0.15, 0.2) is 36.4 Å². The molecule has 1 aromatic carbocycles. The molecule has 0 spiro atoms. The Hall–Kier alpha value is -1.20. The van der Waals surface area contributed by atoms with Crippen molar-refractivity contribution < 1.29 is 26.3 Å². The SMILES string of the molecule is FC(F)F.FC(F)F.c1ccccc1. The van der Waals surface area contributed by atoms with Crippen molar-refractivity contribution in [1.29, 1.82) is 0 Å². The summed E-state index contributed by atoms with van der Waals surface area (Å²) in [5.74, 6) is 0. The maximum atomic E-state index is 9.67. The summed E-state index contributed by atoms with van der Waals surface area (Å²) in [7, 11) is 0. The summed E-state index contributed by atoms with van der Waals surface area (Å²) in [6, 6.07) is 12.0. The van der Waals surface area contributed by atoms with Crippen molar-refractivity contribution in [3.8, 4) is 0 Å². The van der Waals surface area contributed by atoms with Crippen LogP contribution in [0.25, 0.3) is 0 Å². The largest absolute Gasteiger partial charge is 0.379 e. The standard InChI is InChI=1S/C6H6.2CHF3/c1-2-4-6-5-3-1;2*2-1(3)4/h1-6H;2*1H. The highest BCUT2D eigenvalue weighted by molar-refractivity contribution is 4.99. The quantitative estimate of drug-likeness (QED) is 0.576. The van der Waals surface area contributed by atoms with Crippen LogP contribution >= 0.6 is 0 Å². The first-order chi connectivity index (χ1) is 6.46. The lowest BCUT2D eigenvalue weighted by Gasteiger charge is -1.69. The van der Waals surface area contributed by atoms with E-state index in [4.69, 9.17) is 0 Å². The Bertz CT molecular complexity index is 138. The molecule has 0 nitrogen and oxygen atoms in total. The molecular weight excluding hydrogens is 210 g/mol. The van der Waals surface area contributed by atoms with Gasteiger partial charge in [0.15, 0.2) is 0 Å². The van der Waals surface area contributed by atoms with Crippen molar-refractivity contribution in [2.45, 2.75) is 13.4 Å². The molecule has 0 atom stereocenters. The number of halogens is 6. The van der Waals surface area contributed by atoms with Gasteiger partial charge in [0.25, 0.3) is 0 Å². The molecule has 0 aliphatic carbocycles. The van der Waals surface area contributed by atoms with Gasteiger partial charge in [0.1, 0.15) is 0 Å². The molecule has 0 aliphatic rings. The molecule has 14 heavy (non-hydrogen) atoms. The van der Waals surface area contributed by atoms with Crippen molar-refractivity contribution in [2.75, 3.05) is 0 Å². The zero-order valence-corrected chi connectivity index (χ0v) is 6.89. The minimum atomic E-state index is -3.67. The monoisotopic (exact) mass is 218 g/mol. The molecule has 0 saturated heterocycles. The van der Waals surface area contributed by atoms with Crippen molar-refractivity contribution >= 4 is 0 Å². The lowest BCUT2D eigenvalue weighted by molar-refractivity contribution is 0.00734. The first-order valence-corrected chi connectivity index (χ1v) is 3.31. The first kappa shape index (κ1) is 15.3. The van der Waals surface area contributed by atoms with Gasteiger partial charge in [0.2, 0.25) is 0 Å². The summed E-state index contributed by atoms with van der Waals surface area (Å²) in [6.45, 7) is -7.33. The van der Waals surface area contributed by atoms with E-state index in [0.717, 1.165) is 0 Å². The zero-order valence-electron chi connectivity index (χ0n) is 6.89. The molecule has 6 heteroatoms. The third-order valence-corrected chi connectivity index (χ3v) is 0.667. The first-order valence-electron chi connectivity index (χ1n) is 3.31. The topological polar surface area (TPSA) is 0 Å². The molecule has 0 radical (unpaired) electrons. The Kier molecular flexibility index (Phi) is 12.9. The van der Waals surface area contributed by atoms with Crippen molar-refractivity contribution in [3.63, 3.8) is 0 Å². The highest BCUT2D eigenvalue weighted by Gasteiger charge is 1.86. The van der Waals surface area contributed by atoms with E-state index >= 15 is 0 Å². The van der Waals surface area contributed by atoms with Gasteiger partial charge in [-0.25, -0.2) is 0 Å². The van der Waals surface area contributed by atoms with Gasteiger partial charge in [-0.2, -0.15) is 26.3 Å². The summed E-state index contributed by atoms with van der Waals surface area (Å²) < 4.78 is 58.0. The third kappa shape index (κ3) is 45.0. The molecule has 0 saturated carbocycles. The second kappa shape index (κ2) is 11.8. The Balaban J connectivity index is 0. The fourth-order valence-electron chi connectivity index (χ4n) is 0.385. The van der Waals surface area contributed by atoms with Crippen LogP contribution in [0.3, 0.4) is 0 Å². The maximum absolute atomic E-state index is 9.67. The molecule has 0 aliphatic heterocycles. The normalized spacial score (nSPS) is 8.57. The molecule has 1 aromatic rings. The molecule has 0 N–H and O–H groups in total. The Labute approximate surface area is 77.2 Å². The molecule has 0 aromatic heterocycles. The number of alkyl halides is 6. The Morgan fingerprint density at radius 1 is 0.429 bits per heavy atom. The minimum Gasteiger partial charge on any atom is -0.174 e. The third-order valence-electron chi connectivity index (χ3n) is 0.667. The van der Waals surface area contributed by atoms with Gasteiger partial charge in [-0.05, 0) is 0 Å². The van der Waals surface area contributed by atoms with Crippen molar-refractivity contribution in [2.24, 2.45) is 0 Å². The van der Waals surface area contributed by atoms with Gasteiger partial charge in [-0.1, -0.05) is 36.4 Å². The second-order valence-corrected chi connectivity index (χ2v) is 1.65. The predicted molar refractivity (Wildman–Crippen MR) is 40.7 cm³/mol. The maximum Gasteiger partial charge on any atom is 0.379 e. The highest BCUT2D eigenvalue weighted by atomic mass is 19.4. The van der Waals surface area contributed by atoms with Crippen LogP contribution in [0.4, 0.5) is 26.3 Å². The lowest BCUT2D eigenvalue weighted by Crippen LogP contribution is -1.65. The zero-order chi connectivity index (χ0) is 11.4. The molecule has 0 unspecified atom stereocenters. The summed E-state index contributed by atoms with van der Waals surface area (Å²) in [6.07, 6.45) is 0. The van der Waals surface area contributed by atoms with Crippen LogP contribution in [0, 0.1) is 0 Å². The fraction of sp³-hybridized carbons (Fsp3) is 0.250.